The lowest BCUT2D eigenvalue weighted by Gasteiger charge is -2.11. The number of rotatable bonds is 5. The van der Waals surface area contributed by atoms with Crippen LogP contribution < -0.4 is 16.8 Å². The lowest BCUT2D eigenvalue weighted by molar-refractivity contribution is -0.122. The number of nitrogens with two attached hydrogens (primary N) is 2. The second-order valence-electron chi connectivity index (χ2n) is 3.61. The summed E-state index contributed by atoms with van der Waals surface area (Å²) in [6, 6.07) is 3.95. The van der Waals surface area contributed by atoms with Gasteiger partial charge in [0.2, 0.25) is 5.91 Å². The predicted molar refractivity (Wildman–Crippen MR) is 64.9 cm³/mol. The average molecular weight is 260 g/mol. The predicted octanol–water partition coefficient (Wildman–Crippen LogP) is 0.771. The summed E-state index contributed by atoms with van der Waals surface area (Å²) in [5, 5.41) is 2.56. The summed E-state index contributed by atoms with van der Waals surface area (Å²) in [5.41, 5.74) is 11.2. The molecule has 0 saturated carbocycles. The minimum atomic E-state index is -0.665. The minimum Gasteiger partial charge on any atom is -0.351 e. The fraction of sp³-hybridized carbons (Fsp3) is 0.364. The van der Waals surface area contributed by atoms with Gasteiger partial charge in [-0.15, -0.1) is 0 Å². The smallest absolute Gasteiger partial charge is 0.237 e. The normalized spacial score (nSPS) is 12.2. The molecule has 0 heterocycles. The Morgan fingerprint density at radius 2 is 2.24 bits per heavy atom. The molecule has 1 amide bonds. The molecule has 0 aliphatic heterocycles. The number of amides is 1. The molecule has 0 aliphatic rings. The number of benzene rings is 1. The van der Waals surface area contributed by atoms with Gasteiger partial charge in [0.25, 0.3) is 0 Å². The molecule has 1 rings (SSSR count). The van der Waals surface area contributed by atoms with Gasteiger partial charge in [0.05, 0.1) is 11.1 Å². The van der Waals surface area contributed by atoms with E-state index in [0.29, 0.717) is 18.5 Å². The highest BCUT2D eigenvalue weighted by Gasteiger charge is 2.13. The first-order valence-corrected chi connectivity index (χ1v) is 5.60. The Kier molecular flexibility index (Phi) is 5.34. The van der Waals surface area contributed by atoms with E-state index in [9.17, 15) is 9.18 Å². The van der Waals surface area contributed by atoms with Crippen molar-refractivity contribution in [1.82, 2.24) is 5.32 Å². The molecule has 1 aromatic carbocycles. The maximum Gasteiger partial charge on any atom is 0.237 e. The van der Waals surface area contributed by atoms with E-state index in [1.165, 1.54) is 6.07 Å². The first kappa shape index (κ1) is 13.9. The molecule has 0 radical (unpaired) electrons. The van der Waals surface area contributed by atoms with Crippen molar-refractivity contribution >= 4 is 17.5 Å². The molecule has 4 nitrogen and oxygen atoms in total. The van der Waals surface area contributed by atoms with Gasteiger partial charge in [-0.1, -0.05) is 23.7 Å². The minimum absolute atomic E-state index is 0.0306. The third-order valence-electron chi connectivity index (χ3n) is 2.30. The van der Waals surface area contributed by atoms with E-state index in [2.05, 4.69) is 5.32 Å². The molecule has 0 spiro atoms. The molecule has 0 saturated heterocycles. The van der Waals surface area contributed by atoms with Crippen LogP contribution in [-0.2, 0) is 11.3 Å². The topological polar surface area (TPSA) is 81.1 Å². The summed E-state index contributed by atoms with van der Waals surface area (Å²) >= 11 is 5.61. The molecular formula is C11H15ClFN3O. The van der Waals surface area contributed by atoms with Crippen LogP contribution in [0.5, 0.6) is 0 Å². The largest absolute Gasteiger partial charge is 0.351 e. The maximum atomic E-state index is 13.5. The molecule has 5 N–H and O–H groups in total. The van der Waals surface area contributed by atoms with Gasteiger partial charge in [-0.2, -0.15) is 0 Å². The number of hydrogen-bond donors (Lipinski definition) is 3. The van der Waals surface area contributed by atoms with E-state index in [4.69, 9.17) is 23.1 Å². The zero-order valence-electron chi connectivity index (χ0n) is 9.25. The fourth-order valence-electron chi connectivity index (χ4n) is 1.31. The summed E-state index contributed by atoms with van der Waals surface area (Å²) < 4.78 is 13.5. The number of nitrogens with one attached hydrogen (secondary N) is 1. The Morgan fingerprint density at radius 1 is 1.53 bits per heavy atom. The Labute approximate surface area is 104 Å². The van der Waals surface area contributed by atoms with Crippen molar-refractivity contribution in [2.45, 2.75) is 19.0 Å². The molecule has 6 heteroatoms. The van der Waals surface area contributed by atoms with Crippen LogP contribution in [-0.4, -0.2) is 18.5 Å². The number of carbonyl (C=O) groups is 1. The van der Waals surface area contributed by atoms with E-state index >= 15 is 0 Å². The van der Waals surface area contributed by atoms with Crippen LogP contribution in [0, 0.1) is 5.82 Å². The molecule has 1 atom stereocenters. The third-order valence-corrected chi connectivity index (χ3v) is 2.59. The van der Waals surface area contributed by atoms with Crippen molar-refractivity contribution in [3.05, 3.63) is 34.6 Å². The van der Waals surface area contributed by atoms with E-state index < -0.39 is 11.9 Å². The highest BCUT2D eigenvalue weighted by Crippen LogP contribution is 2.17. The Bertz CT molecular complexity index is 400. The number of carbonyl (C=O) groups excluding carboxylic acids is 1. The van der Waals surface area contributed by atoms with Crippen molar-refractivity contribution in [2.24, 2.45) is 11.5 Å². The van der Waals surface area contributed by atoms with Gasteiger partial charge >= 0.3 is 0 Å². The standard InChI is InChI=1S/C11H15ClFN3O/c12-8-3-1-2-7(10(8)13)6-16-11(17)9(15)4-5-14/h1-3,9H,4-6,14-15H2,(H,16,17). The van der Waals surface area contributed by atoms with Crippen LogP contribution in [0.15, 0.2) is 18.2 Å². The van der Waals surface area contributed by atoms with E-state index in [0.717, 1.165) is 0 Å². The van der Waals surface area contributed by atoms with Crippen molar-refractivity contribution in [2.75, 3.05) is 6.54 Å². The number of hydrogen-bond acceptors (Lipinski definition) is 3. The third kappa shape index (κ3) is 3.96. The Hall–Kier alpha value is -1.17. The van der Waals surface area contributed by atoms with E-state index in [1.807, 2.05) is 0 Å². The molecule has 1 unspecified atom stereocenters. The summed E-state index contributed by atoms with van der Waals surface area (Å²) in [6.45, 7) is 0.392. The van der Waals surface area contributed by atoms with Crippen LogP contribution >= 0.6 is 11.6 Å². The summed E-state index contributed by atoms with van der Waals surface area (Å²) in [7, 11) is 0. The first-order chi connectivity index (χ1) is 8.06. The summed E-state index contributed by atoms with van der Waals surface area (Å²) in [4.78, 5) is 11.5. The molecule has 0 aromatic heterocycles. The molecule has 0 aliphatic carbocycles. The zero-order chi connectivity index (χ0) is 12.8. The van der Waals surface area contributed by atoms with Gasteiger partial charge in [-0.25, -0.2) is 4.39 Å². The van der Waals surface area contributed by atoms with Gasteiger partial charge < -0.3 is 16.8 Å². The average Bonchev–Trinajstić information content (AvgIpc) is 2.31. The lowest BCUT2D eigenvalue weighted by Crippen LogP contribution is -2.41. The van der Waals surface area contributed by atoms with Crippen molar-refractivity contribution in [1.29, 1.82) is 0 Å². The van der Waals surface area contributed by atoms with Crippen LogP contribution in [0.3, 0.4) is 0 Å². The van der Waals surface area contributed by atoms with Crippen LogP contribution in [0.2, 0.25) is 5.02 Å². The van der Waals surface area contributed by atoms with Crippen molar-refractivity contribution in [3.63, 3.8) is 0 Å². The Balaban J connectivity index is 2.56. The monoisotopic (exact) mass is 259 g/mol. The van der Waals surface area contributed by atoms with Crippen molar-refractivity contribution in [3.8, 4) is 0 Å². The highest BCUT2D eigenvalue weighted by molar-refractivity contribution is 6.30. The molecule has 1 aromatic rings. The second-order valence-corrected chi connectivity index (χ2v) is 4.02. The van der Waals surface area contributed by atoms with Crippen molar-refractivity contribution < 1.29 is 9.18 Å². The van der Waals surface area contributed by atoms with Gasteiger partial charge in [-0.05, 0) is 19.0 Å². The van der Waals surface area contributed by atoms with Crippen LogP contribution in [0.1, 0.15) is 12.0 Å². The highest BCUT2D eigenvalue weighted by atomic mass is 35.5. The van der Waals surface area contributed by atoms with Gasteiger partial charge in [0.1, 0.15) is 5.82 Å². The van der Waals surface area contributed by atoms with E-state index in [-0.39, 0.29) is 17.5 Å². The fourth-order valence-corrected chi connectivity index (χ4v) is 1.50. The number of halogens is 2. The SMILES string of the molecule is NCCC(N)C(=O)NCc1cccc(Cl)c1F. The van der Waals surface area contributed by atoms with Gasteiger partial charge in [-0.3, -0.25) is 4.79 Å². The molecule has 0 bridgehead atoms. The lowest BCUT2D eigenvalue weighted by atomic mass is 10.2. The zero-order valence-corrected chi connectivity index (χ0v) is 10.0. The van der Waals surface area contributed by atoms with Crippen LogP contribution in [0.25, 0.3) is 0 Å². The maximum absolute atomic E-state index is 13.5. The van der Waals surface area contributed by atoms with Crippen LogP contribution in [0.4, 0.5) is 4.39 Å². The second kappa shape index (κ2) is 6.54. The quantitative estimate of drug-likeness (QED) is 0.731. The summed E-state index contributed by atoms with van der Waals surface area (Å²) in [6.07, 6.45) is 0.393. The molecule has 94 valence electrons. The summed E-state index contributed by atoms with van der Waals surface area (Å²) in [5.74, 6) is -0.878. The van der Waals surface area contributed by atoms with Gasteiger partial charge in [0, 0.05) is 12.1 Å². The first-order valence-electron chi connectivity index (χ1n) is 5.22. The molecular weight excluding hydrogens is 245 g/mol. The van der Waals surface area contributed by atoms with Gasteiger partial charge in [0.15, 0.2) is 0 Å². The van der Waals surface area contributed by atoms with E-state index in [1.54, 1.807) is 12.1 Å². The Morgan fingerprint density at radius 3 is 2.88 bits per heavy atom. The molecule has 17 heavy (non-hydrogen) atoms. The molecule has 0 fully saturated rings.